The molecule has 7 nitrogen and oxygen atoms in total. The molecule has 8 heteroatoms. The second kappa shape index (κ2) is 12.5. The molecule has 0 radical (unpaired) electrons. The third-order valence-electron chi connectivity index (χ3n) is 4.20. The van der Waals surface area contributed by atoms with Crippen LogP contribution >= 0.6 is 15.9 Å². The highest BCUT2D eigenvalue weighted by Crippen LogP contribution is 2.32. The van der Waals surface area contributed by atoms with Crippen LogP contribution in [0.2, 0.25) is 0 Å². The summed E-state index contributed by atoms with van der Waals surface area (Å²) >= 11 is 3.43. The van der Waals surface area contributed by atoms with Crippen LogP contribution < -0.4 is 20.1 Å². The number of carbonyl (C=O) groups is 2. The smallest absolute Gasteiger partial charge is 0.407 e. The lowest BCUT2D eigenvalue weighted by atomic mass is 10.0. The first-order valence-corrected chi connectivity index (χ1v) is 10.2. The number of unbranched alkanes of at least 4 members (excludes halogenated alkanes) is 1. The molecule has 0 aromatic heterocycles. The molecule has 1 aromatic carbocycles. The Kier molecular flexibility index (Phi) is 10.7. The van der Waals surface area contributed by atoms with Gasteiger partial charge < -0.3 is 24.8 Å². The van der Waals surface area contributed by atoms with E-state index in [1.165, 1.54) is 0 Å². The van der Waals surface area contributed by atoms with Crippen LogP contribution in [0.15, 0.2) is 16.6 Å². The van der Waals surface area contributed by atoms with Crippen LogP contribution in [0.3, 0.4) is 0 Å². The molecule has 158 valence electrons. The fraction of sp³-hybridized carbons (Fsp3) is 0.600. The van der Waals surface area contributed by atoms with Crippen LogP contribution in [0, 0.1) is 5.92 Å². The van der Waals surface area contributed by atoms with Crippen molar-refractivity contribution in [2.75, 3.05) is 27.4 Å². The molecule has 0 aliphatic carbocycles. The Bertz CT molecular complexity index is 652. The highest BCUT2D eigenvalue weighted by molar-refractivity contribution is 9.10. The Balaban J connectivity index is 2.64. The average Bonchev–Trinajstić information content (AvgIpc) is 2.66. The third-order valence-corrected chi connectivity index (χ3v) is 4.82. The van der Waals surface area contributed by atoms with E-state index in [9.17, 15) is 9.59 Å². The van der Waals surface area contributed by atoms with Crippen LogP contribution in [0.1, 0.15) is 39.2 Å². The minimum absolute atomic E-state index is 0.0685. The van der Waals surface area contributed by atoms with E-state index in [4.69, 9.17) is 14.2 Å². The number of nitrogens with one attached hydrogen (secondary N) is 2. The maximum Gasteiger partial charge on any atom is 0.407 e. The molecule has 0 aliphatic rings. The standard InChI is InChI=1S/C20H31BrN2O5/c1-6-7-10-28-20(25)23-18(13(2)3)19(24)22-9-8-14-11-17(27-5)15(21)12-16(14)26-4/h11-13,18H,6-10H2,1-5H3,(H,22,24)(H,23,25)/t18-/m0/s1. The molecule has 0 unspecified atom stereocenters. The number of methoxy groups -OCH3 is 2. The SMILES string of the molecule is CCCCOC(=O)N[C@H](C(=O)NCCc1cc(OC)c(Br)cc1OC)C(C)C. The lowest BCUT2D eigenvalue weighted by Gasteiger charge is -2.21. The van der Waals surface area contributed by atoms with Crippen LogP contribution in [0.5, 0.6) is 11.5 Å². The van der Waals surface area contributed by atoms with Crippen molar-refractivity contribution in [2.45, 2.75) is 46.1 Å². The Morgan fingerprint density at radius 2 is 1.82 bits per heavy atom. The second-order valence-corrected chi connectivity index (χ2v) is 7.55. The number of halogens is 1. The zero-order valence-corrected chi connectivity index (χ0v) is 18.9. The maximum absolute atomic E-state index is 12.5. The Morgan fingerprint density at radius 1 is 1.14 bits per heavy atom. The van der Waals surface area contributed by atoms with Crippen molar-refractivity contribution in [1.82, 2.24) is 10.6 Å². The molecule has 0 saturated heterocycles. The summed E-state index contributed by atoms with van der Waals surface area (Å²) in [6, 6.07) is 3.05. The van der Waals surface area contributed by atoms with Gasteiger partial charge in [-0.3, -0.25) is 4.79 Å². The van der Waals surface area contributed by atoms with Gasteiger partial charge in [0.05, 0.1) is 25.3 Å². The van der Waals surface area contributed by atoms with Gasteiger partial charge in [-0.1, -0.05) is 27.2 Å². The number of alkyl carbamates (subject to hydrolysis) is 1. The molecule has 0 aliphatic heterocycles. The van der Waals surface area contributed by atoms with Gasteiger partial charge in [-0.05, 0) is 52.4 Å². The first-order valence-electron chi connectivity index (χ1n) is 9.45. The predicted molar refractivity (Wildman–Crippen MR) is 112 cm³/mol. The zero-order valence-electron chi connectivity index (χ0n) is 17.3. The fourth-order valence-corrected chi connectivity index (χ4v) is 3.05. The minimum Gasteiger partial charge on any atom is -0.496 e. The van der Waals surface area contributed by atoms with Crippen molar-refractivity contribution in [1.29, 1.82) is 0 Å². The lowest BCUT2D eigenvalue weighted by molar-refractivity contribution is -0.124. The van der Waals surface area contributed by atoms with E-state index in [1.807, 2.05) is 32.9 Å². The van der Waals surface area contributed by atoms with E-state index in [0.717, 1.165) is 22.9 Å². The number of ether oxygens (including phenoxy) is 3. The van der Waals surface area contributed by atoms with Crippen molar-refractivity contribution in [3.63, 3.8) is 0 Å². The number of rotatable bonds is 11. The molecule has 0 bridgehead atoms. The molecule has 0 fully saturated rings. The molecule has 1 atom stereocenters. The van der Waals surface area contributed by atoms with Gasteiger partial charge >= 0.3 is 6.09 Å². The summed E-state index contributed by atoms with van der Waals surface area (Å²) in [6.45, 7) is 6.51. The Labute approximate surface area is 175 Å². The van der Waals surface area contributed by atoms with E-state index >= 15 is 0 Å². The molecular weight excluding hydrogens is 428 g/mol. The van der Waals surface area contributed by atoms with E-state index in [0.29, 0.717) is 31.1 Å². The van der Waals surface area contributed by atoms with Crippen molar-refractivity contribution >= 4 is 27.9 Å². The number of benzene rings is 1. The van der Waals surface area contributed by atoms with Gasteiger partial charge in [-0.15, -0.1) is 0 Å². The van der Waals surface area contributed by atoms with Gasteiger partial charge in [0.15, 0.2) is 0 Å². The maximum atomic E-state index is 12.5. The van der Waals surface area contributed by atoms with Gasteiger partial charge in [-0.25, -0.2) is 4.79 Å². The topological polar surface area (TPSA) is 85.9 Å². The summed E-state index contributed by atoms with van der Waals surface area (Å²) in [6.07, 6.45) is 1.72. The van der Waals surface area contributed by atoms with Crippen molar-refractivity contribution in [3.8, 4) is 11.5 Å². The summed E-state index contributed by atoms with van der Waals surface area (Å²) < 4.78 is 16.6. The zero-order chi connectivity index (χ0) is 21.1. The van der Waals surface area contributed by atoms with Gasteiger partial charge in [0.2, 0.25) is 5.91 Å². The van der Waals surface area contributed by atoms with Crippen LogP contribution in [0.4, 0.5) is 4.79 Å². The summed E-state index contributed by atoms with van der Waals surface area (Å²) in [4.78, 5) is 24.4. The molecule has 0 spiro atoms. The normalized spacial score (nSPS) is 11.7. The van der Waals surface area contributed by atoms with E-state index in [-0.39, 0.29) is 11.8 Å². The van der Waals surface area contributed by atoms with Gasteiger partial charge in [-0.2, -0.15) is 0 Å². The quantitative estimate of drug-likeness (QED) is 0.494. The van der Waals surface area contributed by atoms with E-state index in [2.05, 4.69) is 26.6 Å². The Hall–Kier alpha value is -1.96. The monoisotopic (exact) mass is 458 g/mol. The highest BCUT2D eigenvalue weighted by Gasteiger charge is 2.24. The minimum atomic E-state index is -0.657. The molecule has 2 N–H and O–H groups in total. The molecule has 2 amide bonds. The molecule has 1 rings (SSSR count). The van der Waals surface area contributed by atoms with Crippen molar-refractivity contribution < 1.29 is 23.8 Å². The van der Waals surface area contributed by atoms with Crippen molar-refractivity contribution in [2.24, 2.45) is 5.92 Å². The van der Waals surface area contributed by atoms with Crippen LogP contribution in [0.25, 0.3) is 0 Å². The largest absolute Gasteiger partial charge is 0.496 e. The van der Waals surface area contributed by atoms with Crippen LogP contribution in [-0.4, -0.2) is 45.4 Å². The number of hydrogen-bond acceptors (Lipinski definition) is 5. The first kappa shape index (κ1) is 24.1. The summed E-state index contributed by atoms with van der Waals surface area (Å²) in [7, 11) is 3.19. The van der Waals surface area contributed by atoms with E-state index < -0.39 is 12.1 Å². The molecular formula is C20H31BrN2O5. The number of amides is 2. The predicted octanol–water partition coefficient (Wildman–Crippen LogP) is 3.68. The average molecular weight is 459 g/mol. The lowest BCUT2D eigenvalue weighted by Crippen LogP contribution is -2.50. The van der Waals surface area contributed by atoms with Gasteiger partial charge in [0.1, 0.15) is 17.5 Å². The summed E-state index contributed by atoms with van der Waals surface area (Å²) in [5, 5.41) is 5.52. The summed E-state index contributed by atoms with van der Waals surface area (Å²) in [5.74, 6) is 1.09. The summed E-state index contributed by atoms with van der Waals surface area (Å²) in [5.41, 5.74) is 0.913. The first-order chi connectivity index (χ1) is 13.3. The number of carbonyl (C=O) groups excluding carboxylic acids is 2. The third kappa shape index (κ3) is 7.58. The molecule has 28 heavy (non-hydrogen) atoms. The van der Waals surface area contributed by atoms with Crippen molar-refractivity contribution in [3.05, 3.63) is 22.2 Å². The van der Waals surface area contributed by atoms with E-state index in [1.54, 1.807) is 14.2 Å². The molecule has 0 saturated carbocycles. The fourth-order valence-electron chi connectivity index (χ4n) is 2.56. The molecule has 0 heterocycles. The second-order valence-electron chi connectivity index (χ2n) is 6.70. The Morgan fingerprint density at radius 3 is 2.39 bits per heavy atom. The number of hydrogen-bond donors (Lipinski definition) is 2. The van der Waals surface area contributed by atoms with Gasteiger partial charge in [0, 0.05) is 6.54 Å². The molecule has 1 aromatic rings. The highest BCUT2D eigenvalue weighted by atomic mass is 79.9. The van der Waals surface area contributed by atoms with Crippen LogP contribution in [-0.2, 0) is 16.0 Å². The van der Waals surface area contributed by atoms with Gasteiger partial charge in [0.25, 0.3) is 0 Å².